The van der Waals surface area contributed by atoms with Gasteiger partial charge in [-0.1, -0.05) is 94.4 Å². The molecule has 0 N–H and O–H groups in total. The Kier molecular flexibility index (Phi) is 12.4. The van der Waals surface area contributed by atoms with Crippen molar-refractivity contribution in [3.8, 4) is 46.8 Å². The van der Waals surface area contributed by atoms with Gasteiger partial charge in [-0.05, 0) is 99.4 Å². The molecule has 0 saturated heterocycles. The highest BCUT2D eigenvalue weighted by Gasteiger charge is 2.20. The van der Waals surface area contributed by atoms with Gasteiger partial charge < -0.3 is 9.47 Å². The van der Waals surface area contributed by atoms with Gasteiger partial charge in [0.2, 0.25) is 0 Å². The number of non-ortho nitro benzene ring substituents is 1. The number of fused-ring (bicyclic) bond motifs is 2. The first-order chi connectivity index (χ1) is 23.4. The summed E-state index contributed by atoms with van der Waals surface area (Å²) in [6.07, 6.45) is 14.8. The summed E-state index contributed by atoms with van der Waals surface area (Å²) in [5, 5.41) is 15.3. The minimum atomic E-state index is -0.393. The summed E-state index contributed by atoms with van der Waals surface area (Å²) in [6.45, 7) is 5.70. The van der Waals surface area contributed by atoms with Crippen LogP contribution in [0.3, 0.4) is 0 Å². The average molecular weight is 750 g/mol. The number of terminal acetylenes is 1. The summed E-state index contributed by atoms with van der Waals surface area (Å²) < 4.78 is 13.9. The molecule has 0 aliphatic carbocycles. The average Bonchev–Trinajstić information content (AvgIpc) is 3.10. The number of nitrogens with zero attached hydrogens (tertiary/aromatic N) is 1. The van der Waals surface area contributed by atoms with E-state index in [9.17, 15) is 10.1 Å². The van der Waals surface area contributed by atoms with Crippen LogP contribution in [-0.2, 0) is 0 Å². The molecule has 0 aliphatic rings. The Morgan fingerprint density at radius 2 is 1.25 bits per heavy atom. The molecule has 0 fully saturated rings. The van der Waals surface area contributed by atoms with E-state index in [2.05, 4.69) is 96.7 Å². The monoisotopic (exact) mass is 749 g/mol. The predicted octanol–water partition coefficient (Wildman–Crippen LogP) is 11.5. The largest absolute Gasteiger partial charge is 0.493 e. The highest BCUT2D eigenvalue weighted by molar-refractivity contribution is 14.1. The maximum Gasteiger partial charge on any atom is 0.270 e. The van der Waals surface area contributed by atoms with Crippen LogP contribution in [0.5, 0.6) is 11.5 Å². The van der Waals surface area contributed by atoms with Crippen LogP contribution in [0.2, 0.25) is 0 Å². The highest BCUT2D eigenvalue weighted by atomic mass is 127. The number of rotatable bonds is 14. The minimum Gasteiger partial charge on any atom is -0.493 e. The van der Waals surface area contributed by atoms with Crippen LogP contribution in [0.25, 0.3) is 32.7 Å². The van der Waals surface area contributed by atoms with Crippen molar-refractivity contribution in [1.29, 1.82) is 0 Å². The van der Waals surface area contributed by atoms with Gasteiger partial charge in [-0.3, -0.25) is 10.1 Å². The smallest absolute Gasteiger partial charge is 0.270 e. The topological polar surface area (TPSA) is 61.6 Å². The maximum atomic E-state index is 11.2. The summed E-state index contributed by atoms with van der Waals surface area (Å²) in [5.41, 5.74) is 4.48. The van der Waals surface area contributed by atoms with E-state index in [1.165, 1.54) is 31.7 Å². The van der Waals surface area contributed by atoms with Crippen molar-refractivity contribution in [2.75, 3.05) is 13.2 Å². The van der Waals surface area contributed by atoms with E-state index < -0.39 is 4.92 Å². The standard InChI is InChI=1S/C42H40INO4/c1-4-7-9-11-25-47-39-23-18-33-27-30(6-3)14-21-36(33)41(39)42-37-22-15-31(13-16-32-17-20-35(44(45)46)29-38(32)43)28-34(37)19-24-40(42)48-26-12-10-8-5-2/h3,14-15,17-24,27-29H,4-5,7-12,25-26H2,1-2H3. The van der Waals surface area contributed by atoms with Gasteiger partial charge in [0.15, 0.2) is 0 Å². The lowest BCUT2D eigenvalue weighted by Crippen LogP contribution is -2.03. The molecule has 48 heavy (non-hydrogen) atoms. The molecule has 0 aliphatic heterocycles. The van der Waals surface area contributed by atoms with Crippen molar-refractivity contribution in [3.63, 3.8) is 0 Å². The van der Waals surface area contributed by atoms with Crippen LogP contribution in [0.1, 0.15) is 81.9 Å². The molecule has 6 heteroatoms. The second kappa shape index (κ2) is 17.0. The highest BCUT2D eigenvalue weighted by Crippen LogP contribution is 2.46. The fourth-order valence-corrected chi connectivity index (χ4v) is 6.46. The lowest BCUT2D eigenvalue weighted by molar-refractivity contribution is -0.384. The molecule has 0 spiro atoms. The zero-order valence-electron chi connectivity index (χ0n) is 27.6. The third kappa shape index (κ3) is 8.48. The third-order valence-corrected chi connectivity index (χ3v) is 9.29. The molecule has 0 aromatic heterocycles. The molecule has 5 aromatic rings. The van der Waals surface area contributed by atoms with Gasteiger partial charge >= 0.3 is 0 Å². The van der Waals surface area contributed by atoms with Gasteiger partial charge in [0.05, 0.1) is 18.1 Å². The zero-order chi connectivity index (χ0) is 33.9. The van der Waals surface area contributed by atoms with Crippen LogP contribution in [0.15, 0.2) is 78.9 Å². The summed E-state index contributed by atoms with van der Waals surface area (Å²) in [5.74, 6) is 10.9. The summed E-state index contributed by atoms with van der Waals surface area (Å²) in [7, 11) is 0. The maximum absolute atomic E-state index is 11.2. The molecular formula is C42H40INO4. The molecule has 0 bridgehead atoms. The molecule has 5 nitrogen and oxygen atoms in total. The Morgan fingerprint density at radius 3 is 1.77 bits per heavy atom. The summed E-state index contributed by atoms with van der Waals surface area (Å²) in [4.78, 5) is 10.8. The number of ether oxygens (including phenoxy) is 2. The van der Waals surface area contributed by atoms with Crippen LogP contribution in [-0.4, -0.2) is 18.1 Å². The molecule has 244 valence electrons. The van der Waals surface area contributed by atoms with E-state index in [0.29, 0.717) is 13.2 Å². The van der Waals surface area contributed by atoms with Crippen molar-refractivity contribution in [1.82, 2.24) is 0 Å². The van der Waals surface area contributed by atoms with Crippen LogP contribution in [0, 0.1) is 37.9 Å². The molecule has 0 radical (unpaired) electrons. The second-order valence-corrected chi connectivity index (χ2v) is 13.0. The fraction of sp³-hybridized carbons (Fsp3) is 0.286. The van der Waals surface area contributed by atoms with Crippen LogP contribution >= 0.6 is 22.6 Å². The molecule has 5 aromatic carbocycles. The Hall–Kier alpha value is -4.53. The number of hydrogen-bond acceptors (Lipinski definition) is 4. The number of nitro benzene ring substituents is 1. The molecule has 0 amide bonds. The van der Waals surface area contributed by atoms with E-state index in [-0.39, 0.29) is 5.69 Å². The van der Waals surface area contributed by atoms with Gasteiger partial charge in [-0.25, -0.2) is 0 Å². The van der Waals surface area contributed by atoms with E-state index in [0.717, 1.165) is 90.1 Å². The van der Waals surface area contributed by atoms with E-state index in [1.807, 2.05) is 18.2 Å². The fourth-order valence-electron chi connectivity index (χ4n) is 5.82. The molecule has 5 rings (SSSR count). The van der Waals surface area contributed by atoms with Crippen molar-refractivity contribution >= 4 is 49.8 Å². The van der Waals surface area contributed by atoms with Gasteiger partial charge in [-0.15, -0.1) is 6.42 Å². The minimum absolute atomic E-state index is 0.0554. The van der Waals surface area contributed by atoms with E-state index in [1.54, 1.807) is 12.1 Å². The van der Waals surface area contributed by atoms with Crippen LogP contribution < -0.4 is 9.47 Å². The lowest BCUT2D eigenvalue weighted by Gasteiger charge is -2.20. The molecule has 0 atom stereocenters. The number of halogens is 1. The second-order valence-electron chi connectivity index (χ2n) is 11.9. The zero-order valence-corrected chi connectivity index (χ0v) is 29.8. The van der Waals surface area contributed by atoms with E-state index in [4.69, 9.17) is 15.9 Å². The number of benzene rings is 5. The Labute approximate surface area is 297 Å². The lowest BCUT2D eigenvalue weighted by atomic mass is 9.91. The van der Waals surface area contributed by atoms with Crippen molar-refractivity contribution in [2.45, 2.75) is 65.2 Å². The molecule has 0 saturated carbocycles. The van der Waals surface area contributed by atoms with Gasteiger partial charge in [-0.2, -0.15) is 0 Å². The van der Waals surface area contributed by atoms with E-state index >= 15 is 0 Å². The molecular weight excluding hydrogens is 709 g/mol. The third-order valence-electron chi connectivity index (χ3n) is 8.40. The predicted molar refractivity (Wildman–Crippen MR) is 206 cm³/mol. The number of hydrogen-bond donors (Lipinski definition) is 0. The van der Waals surface area contributed by atoms with Crippen molar-refractivity contribution in [2.24, 2.45) is 0 Å². The summed E-state index contributed by atoms with van der Waals surface area (Å²) >= 11 is 2.09. The number of nitro groups is 1. The Bertz CT molecular complexity index is 2030. The van der Waals surface area contributed by atoms with Gasteiger partial charge in [0.1, 0.15) is 11.5 Å². The normalized spacial score (nSPS) is 10.8. The van der Waals surface area contributed by atoms with Gasteiger partial charge in [0, 0.05) is 43.5 Å². The van der Waals surface area contributed by atoms with Crippen LogP contribution in [0.4, 0.5) is 5.69 Å². The number of unbranched alkanes of at least 4 members (excludes halogenated alkanes) is 6. The SMILES string of the molecule is C#Cc1ccc2c(-c3c(OCCCCCC)ccc4cc(C#Cc5ccc([N+](=O)[O-])cc5I)ccc34)c(OCCCCCC)ccc2c1. The first-order valence-corrected chi connectivity index (χ1v) is 17.8. The summed E-state index contributed by atoms with van der Waals surface area (Å²) in [6, 6.07) is 25.4. The quantitative estimate of drug-likeness (QED) is 0.0373. The molecule has 0 unspecified atom stereocenters. The van der Waals surface area contributed by atoms with Gasteiger partial charge in [0.25, 0.3) is 5.69 Å². The van der Waals surface area contributed by atoms with Crippen molar-refractivity contribution in [3.05, 3.63) is 109 Å². The molecule has 0 heterocycles. The Morgan fingerprint density at radius 1 is 0.688 bits per heavy atom. The first kappa shape index (κ1) is 34.8. The Balaban J connectivity index is 1.63. The first-order valence-electron chi connectivity index (χ1n) is 16.8. The van der Waals surface area contributed by atoms with Crippen molar-refractivity contribution < 1.29 is 14.4 Å².